The minimum atomic E-state index is -3.99. The van der Waals surface area contributed by atoms with E-state index in [9.17, 15) is 18.0 Å². The number of hydrogen-bond donors (Lipinski definition) is 1. The molecule has 1 aliphatic carbocycles. The van der Waals surface area contributed by atoms with Crippen LogP contribution in [0.5, 0.6) is 0 Å². The molecule has 0 bridgehead atoms. The Hall–Kier alpha value is -2.91. The van der Waals surface area contributed by atoms with Gasteiger partial charge in [0, 0.05) is 26.7 Å². The third-order valence-corrected chi connectivity index (χ3v) is 8.93. The van der Waals surface area contributed by atoms with Crippen LogP contribution in [0, 0.1) is 20.8 Å². The molecule has 9 heteroatoms. The predicted octanol–water partition coefficient (Wildman–Crippen LogP) is 3.70. The quantitative estimate of drug-likeness (QED) is 0.509. The molecule has 0 saturated heterocycles. The standard InChI is InChI=1S/C28H40N4O4S/c1-20-15-16-22(3)26(17-20)32(37(35,36)30(5)6)19-27(33)31(18-24-12-8-7-11-21(24)2)23(4)28(34)29-25-13-9-10-14-25/h7-8,11-12,15-17,23,25H,9-10,13-14,18-19H2,1-6H3,(H,29,34)/t23-/m1/s1. The topological polar surface area (TPSA) is 90.0 Å². The number of rotatable bonds is 10. The molecule has 0 aromatic heterocycles. The first-order valence-electron chi connectivity index (χ1n) is 12.8. The van der Waals surface area contributed by atoms with E-state index in [0.29, 0.717) is 5.69 Å². The van der Waals surface area contributed by atoms with Crippen molar-refractivity contribution in [1.82, 2.24) is 14.5 Å². The van der Waals surface area contributed by atoms with Gasteiger partial charge >= 0.3 is 10.2 Å². The molecule has 0 heterocycles. The van der Waals surface area contributed by atoms with E-state index in [-0.39, 0.29) is 18.5 Å². The van der Waals surface area contributed by atoms with Gasteiger partial charge in [-0.1, -0.05) is 49.2 Å². The Morgan fingerprint density at radius 1 is 1.00 bits per heavy atom. The Morgan fingerprint density at radius 2 is 1.65 bits per heavy atom. The van der Waals surface area contributed by atoms with E-state index < -0.39 is 28.7 Å². The summed E-state index contributed by atoms with van der Waals surface area (Å²) in [6.07, 6.45) is 4.04. The maximum Gasteiger partial charge on any atom is 0.304 e. The van der Waals surface area contributed by atoms with Gasteiger partial charge in [0.2, 0.25) is 11.8 Å². The van der Waals surface area contributed by atoms with Gasteiger partial charge in [-0.15, -0.1) is 0 Å². The van der Waals surface area contributed by atoms with Gasteiger partial charge in [0.1, 0.15) is 12.6 Å². The zero-order valence-electron chi connectivity index (χ0n) is 22.8. The zero-order chi connectivity index (χ0) is 27.3. The molecule has 202 valence electrons. The number of aryl methyl sites for hydroxylation is 3. The molecule has 3 rings (SSSR count). The first kappa shape index (κ1) is 28.7. The second kappa shape index (κ2) is 12.1. The normalized spacial score (nSPS) is 15.0. The van der Waals surface area contributed by atoms with Crippen LogP contribution in [0.15, 0.2) is 42.5 Å². The molecule has 2 amide bonds. The van der Waals surface area contributed by atoms with E-state index in [0.717, 1.165) is 56.5 Å². The van der Waals surface area contributed by atoms with Gasteiger partial charge in [0.25, 0.3) is 0 Å². The molecule has 1 aliphatic rings. The van der Waals surface area contributed by atoms with Crippen molar-refractivity contribution in [3.8, 4) is 0 Å². The SMILES string of the molecule is Cc1ccc(C)c(N(CC(=O)N(Cc2ccccc2C)[C@H](C)C(=O)NC2CCCC2)S(=O)(=O)N(C)C)c1. The molecule has 2 aromatic carbocycles. The molecule has 2 aromatic rings. The van der Waals surface area contributed by atoms with Crippen LogP contribution >= 0.6 is 0 Å². The van der Waals surface area contributed by atoms with Gasteiger partial charge < -0.3 is 10.2 Å². The van der Waals surface area contributed by atoms with E-state index in [1.165, 1.54) is 19.0 Å². The second-order valence-corrected chi connectivity index (χ2v) is 12.3. The molecule has 1 saturated carbocycles. The summed E-state index contributed by atoms with van der Waals surface area (Å²) in [6, 6.07) is 12.6. The molecule has 1 N–H and O–H groups in total. The first-order chi connectivity index (χ1) is 17.4. The Bertz CT molecular complexity index is 1220. The van der Waals surface area contributed by atoms with Gasteiger partial charge in [-0.05, 0) is 68.9 Å². The minimum absolute atomic E-state index is 0.117. The first-order valence-corrected chi connectivity index (χ1v) is 14.2. The number of carbonyl (C=O) groups excluding carboxylic acids is 2. The summed E-state index contributed by atoms with van der Waals surface area (Å²) in [4.78, 5) is 28.6. The summed E-state index contributed by atoms with van der Waals surface area (Å²) in [6.45, 7) is 7.15. The largest absolute Gasteiger partial charge is 0.352 e. The number of nitrogens with one attached hydrogen (secondary N) is 1. The lowest BCUT2D eigenvalue weighted by atomic mass is 10.1. The lowest BCUT2D eigenvalue weighted by Crippen LogP contribution is -2.53. The fourth-order valence-corrected chi connectivity index (χ4v) is 5.75. The van der Waals surface area contributed by atoms with E-state index in [1.807, 2.05) is 57.2 Å². The van der Waals surface area contributed by atoms with Gasteiger partial charge in [-0.2, -0.15) is 12.7 Å². The number of carbonyl (C=O) groups is 2. The van der Waals surface area contributed by atoms with Crippen LogP contribution in [0.25, 0.3) is 0 Å². The van der Waals surface area contributed by atoms with Crippen LogP contribution in [0.2, 0.25) is 0 Å². The van der Waals surface area contributed by atoms with Crippen LogP contribution in [0.3, 0.4) is 0 Å². The van der Waals surface area contributed by atoms with E-state index in [1.54, 1.807) is 13.0 Å². The highest BCUT2D eigenvalue weighted by Crippen LogP contribution is 2.26. The van der Waals surface area contributed by atoms with Gasteiger partial charge in [-0.25, -0.2) is 4.31 Å². The zero-order valence-corrected chi connectivity index (χ0v) is 23.6. The molecule has 0 aliphatic heterocycles. The third-order valence-electron chi connectivity index (χ3n) is 7.12. The molecule has 8 nitrogen and oxygen atoms in total. The van der Waals surface area contributed by atoms with Crippen molar-refractivity contribution >= 4 is 27.7 Å². The fraction of sp³-hybridized carbons (Fsp3) is 0.500. The molecule has 1 fully saturated rings. The minimum Gasteiger partial charge on any atom is -0.352 e. The van der Waals surface area contributed by atoms with Crippen LogP contribution in [0.4, 0.5) is 5.69 Å². The van der Waals surface area contributed by atoms with Gasteiger partial charge in [0.05, 0.1) is 5.69 Å². The molecular weight excluding hydrogens is 488 g/mol. The van der Waals surface area contributed by atoms with Gasteiger partial charge in [-0.3, -0.25) is 9.59 Å². The van der Waals surface area contributed by atoms with Crippen molar-refractivity contribution in [2.24, 2.45) is 0 Å². The number of nitrogens with zero attached hydrogens (tertiary/aromatic N) is 3. The van der Waals surface area contributed by atoms with Gasteiger partial charge in [0.15, 0.2) is 0 Å². The number of anilines is 1. The maximum absolute atomic E-state index is 13.9. The summed E-state index contributed by atoms with van der Waals surface area (Å²) in [7, 11) is -1.10. The average Bonchev–Trinajstić information content (AvgIpc) is 3.36. The highest BCUT2D eigenvalue weighted by atomic mass is 32.2. The predicted molar refractivity (Wildman–Crippen MR) is 147 cm³/mol. The summed E-state index contributed by atoms with van der Waals surface area (Å²) in [5, 5.41) is 3.09. The Balaban J connectivity index is 1.97. The van der Waals surface area contributed by atoms with Crippen LogP contribution in [-0.2, 0) is 26.3 Å². The molecule has 1 atom stereocenters. The van der Waals surface area contributed by atoms with Crippen molar-refractivity contribution in [3.05, 3.63) is 64.7 Å². The summed E-state index contributed by atoms with van der Waals surface area (Å²) in [5.41, 5.74) is 3.97. The van der Waals surface area contributed by atoms with Crippen molar-refractivity contribution < 1.29 is 18.0 Å². The summed E-state index contributed by atoms with van der Waals surface area (Å²) in [5.74, 6) is -0.661. The second-order valence-electron chi connectivity index (χ2n) is 10.2. The average molecular weight is 529 g/mol. The Kier molecular flexibility index (Phi) is 9.36. The number of benzene rings is 2. The van der Waals surface area contributed by atoms with Crippen LogP contribution < -0.4 is 9.62 Å². The number of amides is 2. The highest BCUT2D eigenvalue weighted by molar-refractivity contribution is 7.90. The van der Waals surface area contributed by atoms with Crippen LogP contribution in [-0.4, -0.2) is 62.2 Å². The highest BCUT2D eigenvalue weighted by Gasteiger charge is 2.34. The van der Waals surface area contributed by atoms with E-state index in [2.05, 4.69) is 5.32 Å². The monoisotopic (exact) mass is 528 g/mol. The van der Waals surface area contributed by atoms with Crippen molar-refractivity contribution in [2.45, 2.75) is 72.0 Å². The third kappa shape index (κ3) is 6.90. The summed E-state index contributed by atoms with van der Waals surface area (Å²) >= 11 is 0. The van der Waals surface area contributed by atoms with E-state index >= 15 is 0 Å². The molecule has 0 spiro atoms. The van der Waals surface area contributed by atoms with Crippen LogP contribution in [0.1, 0.15) is 54.9 Å². The van der Waals surface area contributed by atoms with Crippen molar-refractivity contribution in [3.63, 3.8) is 0 Å². The summed E-state index contributed by atoms with van der Waals surface area (Å²) < 4.78 is 29.0. The molecule has 0 radical (unpaired) electrons. The van der Waals surface area contributed by atoms with Crippen molar-refractivity contribution in [2.75, 3.05) is 24.9 Å². The molecule has 0 unspecified atom stereocenters. The number of hydrogen-bond acceptors (Lipinski definition) is 4. The Morgan fingerprint density at radius 3 is 2.27 bits per heavy atom. The fourth-order valence-electron chi connectivity index (χ4n) is 4.64. The molecular formula is C28H40N4O4S. The van der Waals surface area contributed by atoms with E-state index in [4.69, 9.17) is 0 Å². The molecule has 37 heavy (non-hydrogen) atoms. The smallest absolute Gasteiger partial charge is 0.304 e. The maximum atomic E-state index is 13.9. The Labute approximate surface area is 221 Å². The lowest BCUT2D eigenvalue weighted by Gasteiger charge is -2.34. The van der Waals surface area contributed by atoms with Crippen molar-refractivity contribution in [1.29, 1.82) is 0 Å². The lowest BCUT2D eigenvalue weighted by molar-refractivity contribution is -0.139.